The third kappa shape index (κ3) is 4.24. The van der Waals surface area contributed by atoms with E-state index in [4.69, 9.17) is 18.9 Å². The second kappa shape index (κ2) is 9.34. The van der Waals surface area contributed by atoms with Gasteiger partial charge in [-0.15, -0.1) is 0 Å². The molecule has 9 heteroatoms. The van der Waals surface area contributed by atoms with Crippen molar-refractivity contribution in [2.75, 3.05) is 27.9 Å². The maximum atomic E-state index is 11.7. The van der Waals surface area contributed by atoms with Gasteiger partial charge in [0.15, 0.2) is 17.2 Å². The minimum atomic E-state index is -0.476. The van der Waals surface area contributed by atoms with Crippen LogP contribution in [0.2, 0.25) is 0 Å². The minimum absolute atomic E-state index is 0.127. The lowest BCUT2D eigenvalue weighted by atomic mass is 10.1. The summed E-state index contributed by atoms with van der Waals surface area (Å²) in [7, 11) is 4.55. The number of rotatable bonds is 10. The largest absolute Gasteiger partial charge is 0.493 e. The minimum Gasteiger partial charge on any atom is -0.493 e. The van der Waals surface area contributed by atoms with E-state index in [-0.39, 0.29) is 17.2 Å². The average molecular weight is 415 g/mol. The second-order valence-corrected chi connectivity index (χ2v) is 6.65. The number of nitro benzene ring substituents is 1. The van der Waals surface area contributed by atoms with Crippen LogP contribution in [0.3, 0.4) is 0 Å². The summed E-state index contributed by atoms with van der Waals surface area (Å²) in [5.74, 6) is 1.97. The van der Waals surface area contributed by atoms with Crippen molar-refractivity contribution >= 4 is 16.7 Å². The third-order valence-corrected chi connectivity index (χ3v) is 4.71. The number of nitrogens with one attached hydrogen (secondary N) is 1. The molecule has 160 valence electrons. The van der Waals surface area contributed by atoms with Crippen molar-refractivity contribution < 1.29 is 23.9 Å². The maximum Gasteiger partial charge on any atom is 0.315 e. The first-order valence-electron chi connectivity index (χ1n) is 9.63. The van der Waals surface area contributed by atoms with Gasteiger partial charge in [-0.25, -0.2) is 4.98 Å². The summed E-state index contributed by atoms with van der Waals surface area (Å²) in [4.78, 5) is 18.9. The second-order valence-electron chi connectivity index (χ2n) is 6.65. The highest BCUT2D eigenvalue weighted by molar-refractivity contribution is 5.84. The molecule has 0 aliphatic rings. The van der Waals surface area contributed by atoms with Crippen LogP contribution in [-0.2, 0) is 0 Å². The van der Waals surface area contributed by atoms with Crippen LogP contribution >= 0.6 is 0 Å². The SMILES string of the molecule is CCCCCOc1c(OC)cc(-c2nc3cc(OC)c(OC)cc3[nH]2)cc1[N+](=O)[O-]. The molecular weight excluding hydrogens is 390 g/mol. The Bertz CT molecular complexity index is 1010. The number of benzene rings is 2. The van der Waals surface area contributed by atoms with Gasteiger partial charge in [-0.2, -0.15) is 0 Å². The van der Waals surface area contributed by atoms with E-state index in [1.54, 1.807) is 32.4 Å². The van der Waals surface area contributed by atoms with Gasteiger partial charge in [0.05, 0.1) is 43.9 Å². The van der Waals surface area contributed by atoms with Gasteiger partial charge < -0.3 is 23.9 Å². The van der Waals surface area contributed by atoms with E-state index in [1.165, 1.54) is 13.2 Å². The highest BCUT2D eigenvalue weighted by Gasteiger charge is 2.24. The zero-order valence-corrected chi connectivity index (χ0v) is 17.5. The van der Waals surface area contributed by atoms with E-state index in [1.807, 2.05) is 0 Å². The van der Waals surface area contributed by atoms with Crippen LogP contribution in [-0.4, -0.2) is 42.8 Å². The molecule has 1 N–H and O–H groups in total. The Morgan fingerprint density at radius 1 is 1.00 bits per heavy atom. The summed E-state index contributed by atoms with van der Waals surface area (Å²) in [6.45, 7) is 2.46. The standard InChI is InChI=1S/C21H25N3O6/c1-5-6-7-8-30-20-16(24(25)26)9-13(10-19(20)29-4)21-22-14-11-17(27-2)18(28-3)12-15(14)23-21/h9-12H,5-8H2,1-4H3,(H,22,23). The number of unbranched alkanes of at least 4 members (excludes halogenated alkanes) is 2. The van der Waals surface area contributed by atoms with Crippen LogP contribution in [0, 0.1) is 10.1 Å². The monoisotopic (exact) mass is 415 g/mol. The predicted octanol–water partition coefficient (Wildman–Crippen LogP) is 4.73. The van der Waals surface area contributed by atoms with Crippen molar-refractivity contribution in [1.29, 1.82) is 0 Å². The molecule has 0 saturated heterocycles. The molecule has 0 saturated carbocycles. The van der Waals surface area contributed by atoms with Gasteiger partial charge in [0.2, 0.25) is 5.75 Å². The topological polar surface area (TPSA) is 109 Å². The fourth-order valence-electron chi connectivity index (χ4n) is 3.16. The molecule has 9 nitrogen and oxygen atoms in total. The van der Waals surface area contributed by atoms with E-state index >= 15 is 0 Å². The molecule has 1 heterocycles. The lowest BCUT2D eigenvalue weighted by molar-refractivity contribution is -0.385. The van der Waals surface area contributed by atoms with Crippen LogP contribution < -0.4 is 18.9 Å². The summed E-state index contributed by atoms with van der Waals surface area (Å²) < 4.78 is 21.7. The molecular formula is C21H25N3O6. The van der Waals surface area contributed by atoms with E-state index in [2.05, 4.69) is 16.9 Å². The van der Waals surface area contributed by atoms with E-state index in [0.29, 0.717) is 40.5 Å². The first kappa shape index (κ1) is 21.2. The molecule has 0 spiro atoms. The smallest absolute Gasteiger partial charge is 0.315 e. The van der Waals surface area contributed by atoms with Gasteiger partial charge in [-0.1, -0.05) is 19.8 Å². The summed E-state index contributed by atoms with van der Waals surface area (Å²) in [6.07, 6.45) is 2.83. The number of nitrogens with zero attached hydrogens (tertiary/aromatic N) is 2. The molecule has 0 aliphatic heterocycles. The number of nitro groups is 1. The number of fused-ring (bicyclic) bond motifs is 1. The van der Waals surface area contributed by atoms with Crippen molar-refractivity contribution in [2.24, 2.45) is 0 Å². The van der Waals surface area contributed by atoms with Crippen LogP contribution in [0.15, 0.2) is 24.3 Å². The van der Waals surface area contributed by atoms with Gasteiger partial charge in [0, 0.05) is 23.8 Å². The normalized spacial score (nSPS) is 10.8. The molecule has 3 rings (SSSR count). The molecule has 0 fully saturated rings. The Labute approximate surface area is 174 Å². The van der Waals surface area contributed by atoms with E-state index < -0.39 is 4.92 Å². The highest BCUT2D eigenvalue weighted by Crippen LogP contribution is 2.41. The Morgan fingerprint density at radius 2 is 1.70 bits per heavy atom. The number of aromatic amines is 1. The van der Waals surface area contributed by atoms with Crippen molar-refractivity contribution in [3.63, 3.8) is 0 Å². The molecule has 0 aliphatic carbocycles. The zero-order chi connectivity index (χ0) is 21.7. The number of aromatic nitrogens is 2. The van der Waals surface area contributed by atoms with Crippen LogP contribution in [0.5, 0.6) is 23.0 Å². The summed E-state index contributed by atoms with van der Waals surface area (Å²) in [6, 6.07) is 6.62. The number of imidazole rings is 1. The quantitative estimate of drug-likeness (QED) is 0.289. The summed E-state index contributed by atoms with van der Waals surface area (Å²) >= 11 is 0. The fourth-order valence-corrected chi connectivity index (χ4v) is 3.16. The van der Waals surface area contributed by atoms with Gasteiger partial charge in [-0.05, 0) is 12.5 Å². The van der Waals surface area contributed by atoms with Crippen LogP contribution in [0.4, 0.5) is 5.69 Å². The van der Waals surface area contributed by atoms with Crippen LogP contribution in [0.1, 0.15) is 26.2 Å². The number of ether oxygens (including phenoxy) is 4. The van der Waals surface area contributed by atoms with E-state index in [0.717, 1.165) is 19.3 Å². The Kier molecular flexibility index (Phi) is 6.61. The molecule has 0 radical (unpaired) electrons. The van der Waals surface area contributed by atoms with Crippen molar-refractivity contribution in [2.45, 2.75) is 26.2 Å². The van der Waals surface area contributed by atoms with Crippen molar-refractivity contribution in [3.8, 4) is 34.4 Å². The molecule has 1 aromatic heterocycles. The average Bonchev–Trinajstić information content (AvgIpc) is 3.18. The lowest BCUT2D eigenvalue weighted by Gasteiger charge is -2.12. The van der Waals surface area contributed by atoms with E-state index in [9.17, 15) is 10.1 Å². The number of H-pyrrole nitrogens is 1. The summed E-state index contributed by atoms with van der Waals surface area (Å²) in [5.41, 5.74) is 1.69. The fraction of sp³-hybridized carbons (Fsp3) is 0.381. The lowest BCUT2D eigenvalue weighted by Crippen LogP contribution is -2.03. The number of hydrogen-bond donors (Lipinski definition) is 1. The molecule has 3 aromatic rings. The third-order valence-electron chi connectivity index (χ3n) is 4.71. The van der Waals surface area contributed by atoms with Crippen LogP contribution in [0.25, 0.3) is 22.4 Å². The van der Waals surface area contributed by atoms with Gasteiger partial charge in [-0.3, -0.25) is 10.1 Å². The highest BCUT2D eigenvalue weighted by atomic mass is 16.6. The summed E-state index contributed by atoms with van der Waals surface area (Å²) in [5, 5.41) is 11.7. The van der Waals surface area contributed by atoms with Gasteiger partial charge in [0.1, 0.15) is 5.82 Å². The first-order chi connectivity index (χ1) is 14.5. The maximum absolute atomic E-state index is 11.7. The zero-order valence-electron chi connectivity index (χ0n) is 17.5. The van der Waals surface area contributed by atoms with Gasteiger partial charge >= 0.3 is 5.69 Å². The molecule has 0 amide bonds. The Balaban J connectivity index is 2.05. The first-order valence-corrected chi connectivity index (χ1v) is 9.63. The molecule has 2 aromatic carbocycles. The Morgan fingerprint density at radius 3 is 2.33 bits per heavy atom. The number of methoxy groups -OCH3 is 3. The van der Waals surface area contributed by atoms with Gasteiger partial charge in [0.25, 0.3) is 0 Å². The molecule has 30 heavy (non-hydrogen) atoms. The van der Waals surface area contributed by atoms with Crippen molar-refractivity contribution in [3.05, 3.63) is 34.4 Å². The predicted molar refractivity (Wildman–Crippen MR) is 113 cm³/mol. The molecule has 0 unspecified atom stereocenters. The number of hydrogen-bond acceptors (Lipinski definition) is 7. The Hall–Kier alpha value is -3.49. The molecule has 0 atom stereocenters. The van der Waals surface area contributed by atoms with Crippen molar-refractivity contribution in [1.82, 2.24) is 9.97 Å². The molecule has 0 bridgehead atoms.